The number of anilines is 1. The molecular formula is C16H15N3O3S. The van der Waals surface area contributed by atoms with Crippen LogP contribution in [0.2, 0.25) is 0 Å². The van der Waals surface area contributed by atoms with Gasteiger partial charge in [0, 0.05) is 18.2 Å². The molecule has 0 unspecified atom stereocenters. The van der Waals surface area contributed by atoms with Crippen molar-refractivity contribution in [1.29, 1.82) is 0 Å². The Bertz CT molecular complexity index is 948. The number of sulfonamides is 1. The number of hydrogen-bond donors (Lipinski definition) is 1. The highest BCUT2D eigenvalue weighted by atomic mass is 32.2. The predicted octanol–water partition coefficient (Wildman–Crippen LogP) is 3.15. The Kier molecular flexibility index (Phi) is 3.87. The number of aromatic nitrogens is 2. The fraction of sp³-hybridized carbons (Fsp3) is 0.125. The van der Waals surface area contributed by atoms with Crippen molar-refractivity contribution in [2.75, 3.05) is 4.72 Å². The molecule has 3 aromatic rings. The van der Waals surface area contributed by atoms with Crippen LogP contribution in [0.4, 0.5) is 5.69 Å². The van der Waals surface area contributed by atoms with Crippen molar-refractivity contribution in [3.8, 4) is 11.5 Å². The monoisotopic (exact) mass is 329 g/mol. The van der Waals surface area contributed by atoms with Gasteiger partial charge in [0.25, 0.3) is 10.0 Å². The van der Waals surface area contributed by atoms with Crippen LogP contribution in [0, 0.1) is 13.8 Å². The van der Waals surface area contributed by atoms with Gasteiger partial charge in [0.15, 0.2) is 0 Å². The van der Waals surface area contributed by atoms with Crippen LogP contribution in [0.15, 0.2) is 57.8 Å². The van der Waals surface area contributed by atoms with Crippen LogP contribution in [0.1, 0.15) is 11.5 Å². The Balaban J connectivity index is 1.93. The van der Waals surface area contributed by atoms with E-state index in [9.17, 15) is 8.42 Å². The molecular weight excluding hydrogens is 314 g/mol. The molecule has 2 aromatic carbocycles. The molecule has 6 nitrogen and oxygen atoms in total. The lowest BCUT2D eigenvalue weighted by molar-refractivity contribution is 0.533. The van der Waals surface area contributed by atoms with E-state index in [1.807, 2.05) is 0 Å². The first-order valence-electron chi connectivity index (χ1n) is 6.95. The van der Waals surface area contributed by atoms with Crippen molar-refractivity contribution in [3.05, 3.63) is 60.0 Å². The van der Waals surface area contributed by atoms with Crippen LogP contribution < -0.4 is 4.72 Å². The Labute approximate surface area is 134 Å². The minimum absolute atomic E-state index is 0.249. The smallest absolute Gasteiger partial charge is 0.262 e. The van der Waals surface area contributed by atoms with E-state index in [-0.39, 0.29) is 4.90 Å². The van der Waals surface area contributed by atoms with E-state index in [0.717, 1.165) is 0 Å². The molecule has 118 valence electrons. The molecule has 0 aliphatic rings. The van der Waals surface area contributed by atoms with Crippen molar-refractivity contribution in [3.63, 3.8) is 0 Å². The summed E-state index contributed by atoms with van der Waals surface area (Å²) in [7, 11) is -3.65. The first-order chi connectivity index (χ1) is 11.0. The summed E-state index contributed by atoms with van der Waals surface area (Å²) in [5, 5.41) is 7.70. The lowest BCUT2D eigenvalue weighted by atomic mass is 10.2. The molecule has 0 saturated carbocycles. The fourth-order valence-corrected chi connectivity index (χ4v) is 3.49. The van der Waals surface area contributed by atoms with Gasteiger partial charge in [0.2, 0.25) is 11.8 Å². The zero-order valence-electron chi connectivity index (χ0n) is 12.6. The third-order valence-corrected chi connectivity index (χ3v) is 4.81. The van der Waals surface area contributed by atoms with Gasteiger partial charge in [-0.2, -0.15) is 0 Å². The fourth-order valence-electron chi connectivity index (χ4n) is 2.20. The molecule has 7 heteroatoms. The van der Waals surface area contributed by atoms with E-state index in [4.69, 9.17) is 4.42 Å². The SMILES string of the molecule is Cc1nnc(-c2cccc(NS(=O)(=O)c3ccccc3C)c2)o1. The summed E-state index contributed by atoms with van der Waals surface area (Å²) in [5.41, 5.74) is 1.76. The molecule has 0 atom stereocenters. The second-order valence-corrected chi connectivity index (χ2v) is 6.73. The third-order valence-electron chi connectivity index (χ3n) is 3.27. The van der Waals surface area contributed by atoms with E-state index >= 15 is 0 Å². The second-order valence-electron chi connectivity index (χ2n) is 5.08. The van der Waals surface area contributed by atoms with Gasteiger partial charge in [-0.15, -0.1) is 10.2 Å². The number of nitrogens with zero attached hydrogens (tertiary/aromatic N) is 2. The molecule has 1 heterocycles. The minimum atomic E-state index is -3.65. The zero-order valence-corrected chi connectivity index (χ0v) is 13.5. The molecule has 0 spiro atoms. The number of benzene rings is 2. The first kappa shape index (κ1) is 15.2. The number of aryl methyl sites for hydroxylation is 2. The van der Waals surface area contributed by atoms with Crippen LogP contribution in [0.3, 0.4) is 0 Å². The van der Waals surface area contributed by atoms with Gasteiger partial charge < -0.3 is 4.42 Å². The highest BCUT2D eigenvalue weighted by molar-refractivity contribution is 7.92. The van der Waals surface area contributed by atoms with Crippen molar-refractivity contribution in [1.82, 2.24) is 10.2 Å². The minimum Gasteiger partial charge on any atom is -0.421 e. The molecule has 0 radical (unpaired) electrons. The molecule has 0 aliphatic carbocycles. The number of hydrogen-bond acceptors (Lipinski definition) is 5. The van der Waals surface area contributed by atoms with Crippen molar-refractivity contribution in [2.24, 2.45) is 0 Å². The molecule has 3 rings (SSSR count). The molecule has 0 fully saturated rings. The van der Waals surface area contributed by atoms with Gasteiger partial charge in [-0.25, -0.2) is 8.42 Å². The number of nitrogens with one attached hydrogen (secondary N) is 1. The van der Waals surface area contributed by atoms with Crippen molar-refractivity contribution in [2.45, 2.75) is 18.7 Å². The Morgan fingerprint density at radius 3 is 2.48 bits per heavy atom. The van der Waals surface area contributed by atoms with E-state index in [2.05, 4.69) is 14.9 Å². The standard InChI is InChI=1S/C16H15N3O3S/c1-11-6-3-4-9-15(11)23(20,21)19-14-8-5-7-13(10-14)16-18-17-12(2)22-16/h3-10,19H,1-2H3. The number of rotatable bonds is 4. The highest BCUT2D eigenvalue weighted by Crippen LogP contribution is 2.24. The van der Waals surface area contributed by atoms with Gasteiger partial charge >= 0.3 is 0 Å². The van der Waals surface area contributed by atoms with Gasteiger partial charge in [-0.05, 0) is 36.8 Å². The summed E-state index contributed by atoms with van der Waals surface area (Å²) < 4.78 is 33.0. The molecule has 0 saturated heterocycles. The third kappa shape index (κ3) is 3.24. The summed E-state index contributed by atoms with van der Waals surface area (Å²) in [5.74, 6) is 0.797. The van der Waals surface area contributed by atoms with Gasteiger partial charge in [-0.1, -0.05) is 24.3 Å². The maximum absolute atomic E-state index is 12.5. The zero-order chi connectivity index (χ0) is 16.4. The van der Waals surface area contributed by atoms with E-state index in [1.165, 1.54) is 0 Å². The summed E-state index contributed by atoms with van der Waals surface area (Å²) >= 11 is 0. The van der Waals surface area contributed by atoms with Gasteiger partial charge in [0.1, 0.15) is 0 Å². The maximum Gasteiger partial charge on any atom is 0.262 e. The predicted molar refractivity (Wildman–Crippen MR) is 86.5 cm³/mol. The molecule has 0 aliphatic heterocycles. The normalized spacial score (nSPS) is 11.4. The molecule has 0 amide bonds. The van der Waals surface area contributed by atoms with E-state index < -0.39 is 10.0 Å². The molecule has 1 N–H and O–H groups in total. The Morgan fingerprint density at radius 2 is 1.78 bits per heavy atom. The largest absolute Gasteiger partial charge is 0.421 e. The lowest BCUT2D eigenvalue weighted by Crippen LogP contribution is -2.14. The topological polar surface area (TPSA) is 85.1 Å². The quantitative estimate of drug-likeness (QED) is 0.794. The molecule has 0 bridgehead atoms. The average Bonchev–Trinajstić information content (AvgIpc) is 2.94. The summed E-state index contributed by atoms with van der Waals surface area (Å²) in [6, 6.07) is 13.6. The maximum atomic E-state index is 12.5. The van der Waals surface area contributed by atoms with Crippen LogP contribution in [0.5, 0.6) is 0 Å². The van der Waals surface area contributed by atoms with Crippen LogP contribution in [0.25, 0.3) is 11.5 Å². The highest BCUT2D eigenvalue weighted by Gasteiger charge is 2.17. The lowest BCUT2D eigenvalue weighted by Gasteiger charge is -2.10. The van der Waals surface area contributed by atoms with Crippen LogP contribution in [-0.4, -0.2) is 18.6 Å². The summed E-state index contributed by atoms with van der Waals surface area (Å²) in [4.78, 5) is 0.249. The summed E-state index contributed by atoms with van der Waals surface area (Å²) in [6.45, 7) is 3.45. The van der Waals surface area contributed by atoms with E-state index in [1.54, 1.807) is 62.4 Å². The van der Waals surface area contributed by atoms with Gasteiger partial charge in [-0.3, -0.25) is 4.72 Å². The second kappa shape index (κ2) is 5.85. The first-order valence-corrected chi connectivity index (χ1v) is 8.43. The Morgan fingerprint density at radius 1 is 1.00 bits per heavy atom. The molecule has 23 heavy (non-hydrogen) atoms. The molecule has 1 aromatic heterocycles. The van der Waals surface area contributed by atoms with Crippen LogP contribution >= 0.6 is 0 Å². The van der Waals surface area contributed by atoms with Crippen molar-refractivity contribution >= 4 is 15.7 Å². The van der Waals surface area contributed by atoms with Gasteiger partial charge in [0.05, 0.1) is 4.90 Å². The average molecular weight is 329 g/mol. The van der Waals surface area contributed by atoms with Crippen molar-refractivity contribution < 1.29 is 12.8 Å². The van der Waals surface area contributed by atoms with E-state index in [0.29, 0.717) is 28.6 Å². The Hall–Kier alpha value is -2.67. The van der Waals surface area contributed by atoms with Crippen LogP contribution in [-0.2, 0) is 10.0 Å². The summed E-state index contributed by atoms with van der Waals surface area (Å²) in [6.07, 6.45) is 0.